The van der Waals surface area contributed by atoms with Gasteiger partial charge in [0.1, 0.15) is 5.60 Å². The van der Waals surface area contributed by atoms with Crippen LogP contribution in [0.15, 0.2) is 24.4 Å². The van der Waals surface area contributed by atoms with Gasteiger partial charge in [0.2, 0.25) is 0 Å². The average Bonchev–Trinajstić information content (AvgIpc) is 2.76. The highest BCUT2D eigenvalue weighted by Crippen LogP contribution is 2.36. The third-order valence-electron chi connectivity index (χ3n) is 5.82. The van der Waals surface area contributed by atoms with Crippen LogP contribution in [-0.2, 0) is 14.9 Å². The minimum absolute atomic E-state index is 0.0900. The summed E-state index contributed by atoms with van der Waals surface area (Å²) in [5, 5.41) is 6.25. The molecule has 3 rings (SSSR count). The van der Waals surface area contributed by atoms with E-state index in [-0.39, 0.29) is 12.6 Å². The van der Waals surface area contributed by atoms with Crippen molar-refractivity contribution in [1.82, 2.24) is 14.2 Å². The Morgan fingerprint density at radius 2 is 1.86 bits per heavy atom. The molecule has 0 radical (unpaired) electrons. The number of nitrogens with two attached hydrogens (primary N) is 1. The maximum Gasteiger partial charge on any atom is 0.425 e. The van der Waals surface area contributed by atoms with Crippen LogP contribution >= 0.6 is 0 Å². The molecule has 2 aromatic rings. The van der Waals surface area contributed by atoms with Crippen LogP contribution in [-0.4, -0.2) is 87.3 Å². The molecule has 2 N–H and O–H groups in total. The molecule has 1 amide bonds. The number of hydrogen-bond donors (Lipinski definition) is 1. The van der Waals surface area contributed by atoms with E-state index in [9.17, 15) is 13.2 Å². The molecular formula is C23H35N5O6S. The monoisotopic (exact) mass is 509 g/mol. The van der Waals surface area contributed by atoms with Crippen LogP contribution in [0.3, 0.4) is 0 Å². The fraction of sp³-hybridized carbons (Fsp3) is 0.565. The average molecular weight is 510 g/mol. The van der Waals surface area contributed by atoms with Gasteiger partial charge >= 0.3 is 16.3 Å². The van der Waals surface area contributed by atoms with Gasteiger partial charge in [-0.15, -0.1) is 0 Å². The molecule has 194 valence electrons. The van der Waals surface area contributed by atoms with Crippen molar-refractivity contribution >= 4 is 32.9 Å². The molecule has 0 bridgehead atoms. The van der Waals surface area contributed by atoms with Gasteiger partial charge in [0.15, 0.2) is 11.5 Å². The Morgan fingerprint density at radius 3 is 2.43 bits per heavy atom. The summed E-state index contributed by atoms with van der Waals surface area (Å²) in [6, 6.07) is 5.85. The van der Waals surface area contributed by atoms with Crippen LogP contribution in [0, 0.1) is 0 Å². The summed E-state index contributed by atoms with van der Waals surface area (Å²) in [5.74, 6) is 1.25. The van der Waals surface area contributed by atoms with Crippen molar-refractivity contribution in [1.29, 1.82) is 0 Å². The van der Waals surface area contributed by atoms with Gasteiger partial charge in [-0.05, 0) is 39.8 Å². The lowest BCUT2D eigenvalue weighted by molar-refractivity contribution is 0.0371. The van der Waals surface area contributed by atoms with Gasteiger partial charge in [-0.2, -0.15) is 12.7 Å². The summed E-state index contributed by atoms with van der Waals surface area (Å²) in [4.78, 5) is 21.3. The van der Waals surface area contributed by atoms with Crippen molar-refractivity contribution < 1.29 is 27.4 Å². The molecule has 1 aromatic carbocycles. The summed E-state index contributed by atoms with van der Waals surface area (Å²) in [6.07, 6.45) is 0.796. The zero-order valence-electron chi connectivity index (χ0n) is 21.1. The first kappa shape index (κ1) is 26.8. The molecule has 1 aliphatic heterocycles. The van der Waals surface area contributed by atoms with Gasteiger partial charge in [-0.1, -0.05) is 0 Å². The number of rotatable bonds is 7. The summed E-state index contributed by atoms with van der Waals surface area (Å²) in [5.41, 5.74) is 0.998. The lowest BCUT2D eigenvalue weighted by Gasteiger charge is -2.41. The number of carbonyl (C=O) groups excluding carboxylic acids is 1. The lowest BCUT2D eigenvalue weighted by Crippen LogP contribution is -2.55. The zero-order valence-corrected chi connectivity index (χ0v) is 22.0. The van der Waals surface area contributed by atoms with E-state index in [1.54, 1.807) is 41.2 Å². The van der Waals surface area contributed by atoms with E-state index in [1.807, 2.05) is 18.2 Å². The molecule has 0 saturated carbocycles. The van der Waals surface area contributed by atoms with Gasteiger partial charge < -0.3 is 19.1 Å². The maximum absolute atomic E-state index is 12.4. The Labute approximate surface area is 206 Å². The van der Waals surface area contributed by atoms with Crippen molar-refractivity contribution in [2.45, 2.75) is 39.3 Å². The van der Waals surface area contributed by atoms with Crippen molar-refractivity contribution in [2.75, 3.05) is 51.8 Å². The van der Waals surface area contributed by atoms with Crippen molar-refractivity contribution in [3.8, 4) is 11.5 Å². The highest BCUT2D eigenvalue weighted by Gasteiger charge is 2.31. The smallest absolute Gasteiger partial charge is 0.425 e. The minimum atomic E-state index is -4.25. The van der Waals surface area contributed by atoms with Crippen LogP contribution in [0.25, 0.3) is 10.9 Å². The normalized spacial score (nSPS) is 17.3. The van der Waals surface area contributed by atoms with E-state index in [0.717, 1.165) is 16.6 Å². The predicted molar refractivity (Wildman–Crippen MR) is 134 cm³/mol. The predicted octanol–water partition coefficient (Wildman–Crippen LogP) is 2.20. The third kappa shape index (κ3) is 6.44. The molecule has 1 atom stereocenters. The van der Waals surface area contributed by atoms with Crippen LogP contribution in [0.4, 0.5) is 10.5 Å². The number of carbonyl (C=O) groups is 1. The quantitative estimate of drug-likeness (QED) is 0.597. The van der Waals surface area contributed by atoms with Gasteiger partial charge in [-0.25, -0.2) is 9.93 Å². The maximum atomic E-state index is 12.4. The second-order valence-corrected chi connectivity index (χ2v) is 11.0. The first-order chi connectivity index (χ1) is 16.3. The number of aromatic nitrogens is 1. The number of amides is 1. The van der Waals surface area contributed by atoms with Crippen molar-refractivity contribution in [2.24, 2.45) is 5.14 Å². The number of methoxy groups -OCH3 is 2. The minimum Gasteiger partial charge on any atom is -0.493 e. The van der Waals surface area contributed by atoms with Crippen LogP contribution in [0.2, 0.25) is 0 Å². The summed E-state index contributed by atoms with van der Waals surface area (Å²) < 4.78 is 40.7. The molecule has 1 saturated heterocycles. The number of ether oxygens (including phenoxy) is 3. The van der Waals surface area contributed by atoms with Crippen molar-refractivity contribution in [3.05, 3.63) is 24.4 Å². The van der Waals surface area contributed by atoms with Crippen LogP contribution in [0.5, 0.6) is 11.5 Å². The Balaban J connectivity index is 1.73. The van der Waals surface area contributed by atoms with Gasteiger partial charge in [0.05, 0.1) is 26.3 Å². The van der Waals surface area contributed by atoms with E-state index >= 15 is 0 Å². The number of anilines is 1. The number of pyridine rings is 1. The number of nitrogens with zero attached hydrogens (tertiary/aromatic N) is 4. The molecule has 2 heterocycles. The zero-order chi connectivity index (χ0) is 26.0. The van der Waals surface area contributed by atoms with Gasteiger partial charge in [-0.3, -0.25) is 9.88 Å². The largest absolute Gasteiger partial charge is 0.493 e. The van der Waals surface area contributed by atoms with E-state index in [4.69, 9.17) is 19.3 Å². The van der Waals surface area contributed by atoms with E-state index in [1.165, 1.54) is 0 Å². The molecule has 11 nitrogen and oxygen atoms in total. The summed E-state index contributed by atoms with van der Waals surface area (Å²) in [6.45, 7) is 9.40. The molecule has 1 fully saturated rings. The Bertz CT molecular complexity index is 1170. The Kier molecular flexibility index (Phi) is 7.97. The molecule has 12 heteroatoms. The van der Waals surface area contributed by atoms with E-state index in [0.29, 0.717) is 42.0 Å². The molecule has 1 aromatic heterocycles. The first-order valence-electron chi connectivity index (χ1n) is 11.4. The molecule has 1 unspecified atom stereocenters. The summed E-state index contributed by atoms with van der Waals surface area (Å²) in [7, 11) is -1.06. The number of benzene rings is 1. The Hall–Kier alpha value is -2.83. The third-order valence-corrected chi connectivity index (χ3v) is 6.77. The van der Waals surface area contributed by atoms with Gasteiger partial charge in [0, 0.05) is 55.6 Å². The molecule has 0 spiro atoms. The lowest BCUT2D eigenvalue weighted by atomic mass is 10.1. The Morgan fingerprint density at radius 1 is 1.20 bits per heavy atom. The highest BCUT2D eigenvalue weighted by molar-refractivity contribution is 7.87. The van der Waals surface area contributed by atoms with Crippen LogP contribution < -0.4 is 19.5 Å². The topological polar surface area (TPSA) is 128 Å². The van der Waals surface area contributed by atoms with E-state index < -0.39 is 21.9 Å². The molecule has 35 heavy (non-hydrogen) atoms. The number of piperazine rings is 1. The first-order valence-corrected chi connectivity index (χ1v) is 12.9. The molecule has 1 aliphatic rings. The standard InChI is InChI=1S/C23H35N5O6S/c1-16-15-27(19-7-8-25-18-14-21(33-6)20(32-5)13-17(18)19)10-9-26(16)11-12-28(35(24,30)31)22(29)34-23(2,3)4/h7-8,13-14,16H,9-12,15H2,1-6H3,(H2,24,30,31). The number of hydrogen-bond acceptors (Lipinski definition) is 9. The second-order valence-electron chi connectivity index (χ2n) is 9.48. The van der Waals surface area contributed by atoms with Crippen molar-refractivity contribution in [3.63, 3.8) is 0 Å². The van der Waals surface area contributed by atoms with E-state index in [2.05, 4.69) is 21.7 Å². The fourth-order valence-electron chi connectivity index (χ4n) is 4.13. The fourth-order valence-corrected chi connectivity index (χ4v) is 4.72. The summed E-state index contributed by atoms with van der Waals surface area (Å²) >= 11 is 0. The highest BCUT2D eigenvalue weighted by atomic mass is 32.2. The molecule has 0 aliphatic carbocycles. The molecular weight excluding hydrogens is 474 g/mol. The second kappa shape index (κ2) is 10.4. The SMILES string of the molecule is COc1cc2nccc(N3CCN(CCN(C(=O)OC(C)(C)C)S(N)(=O)=O)C(C)C3)c2cc1OC. The van der Waals surface area contributed by atoms with Gasteiger partial charge in [0.25, 0.3) is 0 Å². The number of fused-ring (bicyclic) bond motifs is 1. The van der Waals surface area contributed by atoms with Crippen LogP contribution in [0.1, 0.15) is 27.7 Å².